The molecule has 2 rings (SSSR count). The topological polar surface area (TPSA) is 78.5 Å². The van der Waals surface area contributed by atoms with E-state index in [4.69, 9.17) is 0 Å². The number of rotatable bonds is 7. The number of nitrogens with one attached hydrogen (secondary N) is 2. The number of sulfonamides is 1. The van der Waals surface area contributed by atoms with Crippen LogP contribution in [0.15, 0.2) is 0 Å². The van der Waals surface area contributed by atoms with Gasteiger partial charge in [-0.2, -0.15) is 0 Å². The lowest BCUT2D eigenvalue weighted by molar-refractivity contribution is -0.121. The number of amides is 1. The molecule has 0 aromatic rings. The molecule has 0 unspecified atom stereocenters. The molecule has 0 atom stereocenters. The van der Waals surface area contributed by atoms with Gasteiger partial charge in [-0.05, 0) is 32.1 Å². The molecule has 7 heteroatoms. The van der Waals surface area contributed by atoms with E-state index >= 15 is 0 Å². The van der Waals surface area contributed by atoms with Crippen LogP contribution < -0.4 is 10.6 Å². The Morgan fingerprint density at radius 1 is 1.15 bits per heavy atom. The van der Waals surface area contributed by atoms with Gasteiger partial charge in [0.15, 0.2) is 0 Å². The molecule has 2 aliphatic rings. The minimum absolute atomic E-state index is 0.0202. The van der Waals surface area contributed by atoms with Crippen molar-refractivity contribution in [2.45, 2.75) is 51.1 Å². The number of hydrogen-bond donors (Lipinski definition) is 2. The van der Waals surface area contributed by atoms with Crippen molar-refractivity contribution in [2.75, 3.05) is 25.4 Å². The minimum atomic E-state index is -3.09. The zero-order chi connectivity index (χ0) is 14.6. The van der Waals surface area contributed by atoms with Crippen LogP contribution in [0.4, 0.5) is 0 Å². The Kier molecular flexibility index (Phi) is 5.40. The first-order chi connectivity index (χ1) is 9.51. The van der Waals surface area contributed by atoms with E-state index in [1.807, 2.05) is 6.92 Å². The molecule has 1 saturated heterocycles. The van der Waals surface area contributed by atoms with Gasteiger partial charge >= 0.3 is 0 Å². The first-order valence-electron chi connectivity index (χ1n) is 7.52. The fraction of sp³-hybridized carbons (Fsp3) is 0.923. The molecule has 6 nitrogen and oxygen atoms in total. The average Bonchev–Trinajstić information content (AvgIpc) is 3.21. The lowest BCUT2D eigenvalue weighted by Crippen LogP contribution is -2.48. The summed E-state index contributed by atoms with van der Waals surface area (Å²) in [6.45, 7) is 3.28. The van der Waals surface area contributed by atoms with Gasteiger partial charge in [-0.25, -0.2) is 12.7 Å². The van der Waals surface area contributed by atoms with Crippen molar-refractivity contribution >= 4 is 15.9 Å². The van der Waals surface area contributed by atoms with Gasteiger partial charge in [-0.3, -0.25) is 4.79 Å². The van der Waals surface area contributed by atoms with Crippen molar-refractivity contribution in [1.29, 1.82) is 0 Å². The highest BCUT2D eigenvalue weighted by Gasteiger charge is 2.28. The smallest absolute Gasteiger partial charge is 0.234 e. The summed E-state index contributed by atoms with van der Waals surface area (Å²) in [4.78, 5) is 11.7. The number of carbonyl (C=O) groups excluding carboxylic acids is 1. The maximum atomic E-state index is 11.9. The normalized spacial score (nSPS) is 21.9. The lowest BCUT2D eigenvalue weighted by atomic mass is 10.1. The standard InChI is InChI=1S/C13H25N3O3S/c1-2-9-20(18,19)16-7-5-12(6-8-16)15-13(17)10-14-11-3-4-11/h11-12,14H,2-10H2,1H3,(H,15,17). The van der Waals surface area contributed by atoms with Gasteiger partial charge in [-0.15, -0.1) is 0 Å². The van der Waals surface area contributed by atoms with E-state index in [1.165, 1.54) is 12.8 Å². The summed E-state index contributed by atoms with van der Waals surface area (Å²) in [7, 11) is -3.09. The highest BCUT2D eigenvalue weighted by atomic mass is 32.2. The molecule has 1 saturated carbocycles. The van der Waals surface area contributed by atoms with Gasteiger partial charge in [0.2, 0.25) is 15.9 Å². The van der Waals surface area contributed by atoms with Crippen molar-refractivity contribution in [2.24, 2.45) is 0 Å². The summed E-state index contributed by atoms with van der Waals surface area (Å²) >= 11 is 0. The van der Waals surface area contributed by atoms with Crippen molar-refractivity contribution in [3.8, 4) is 0 Å². The van der Waals surface area contributed by atoms with E-state index in [2.05, 4.69) is 10.6 Å². The first-order valence-corrected chi connectivity index (χ1v) is 9.12. The molecule has 2 fully saturated rings. The Balaban J connectivity index is 1.69. The highest BCUT2D eigenvalue weighted by Crippen LogP contribution is 2.18. The molecule has 1 aliphatic carbocycles. The van der Waals surface area contributed by atoms with Crippen molar-refractivity contribution in [3.05, 3.63) is 0 Å². The van der Waals surface area contributed by atoms with Crippen LogP contribution in [0.1, 0.15) is 39.0 Å². The summed E-state index contributed by atoms with van der Waals surface area (Å²) in [6, 6.07) is 0.637. The molecule has 1 heterocycles. The van der Waals surface area contributed by atoms with Crippen molar-refractivity contribution in [3.63, 3.8) is 0 Å². The van der Waals surface area contributed by atoms with Crippen LogP contribution in [0.25, 0.3) is 0 Å². The maximum absolute atomic E-state index is 11.9. The fourth-order valence-electron chi connectivity index (χ4n) is 2.47. The van der Waals surface area contributed by atoms with Gasteiger partial charge < -0.3 is 10.6 Å². The van der Waals surface area contributed by atoms with E-state index in [0.717, 1.165) is 0 Å². The zero-order valence-corrected chi connectivity index (χ0v) is 12.9. The van der Waals surface area contributed by atoms with Gasteiger partial charge in [0, 0.05) is 25.2 Å². The summed E-state index contributed by atoms with van der Waals surface area (Å²) < 4.78 is 25.4. The molecule has 0 spiro atoms. The summed E-state index contributed by atoms with van der Waals surface area (Å²) in [5.74, 6) is 0.238. The van der Waals surface area contributed by atoms with E-state index in [0.29, 0.717) is 44.9 Å². The number of piperidine rings is 1. The summed E-state index contributed by atoms with van der Waals surface area (Å²) in [5, 5.41) is 6.16. The van der Waals surface area contributed by atoms with Crippen LogP contribution in [0.5, 0.6) is 0 Å². The minimum Gasteiger partial charge on any atom is -0.352 e. The Bertz CT molecular complexity index is 426. The van der Waals surface area contributed by atoms with E-state index < -0.39 is 10.0 Å². The lowest BCUT2D eigenvalue weighted by Gasteiger charge is -2.31. The summed E-state index contributed by atoms with van der Waals surface area (Å²) in [6.07, 6.45) is 4.39. The predicted molar refractivity (Wildman–Crippen MR) is 77.8 cm³/mol. The van der Waals surface area contributed by atoms with Crippen LogP contribution >= 0.6 is 0 Å². The second-order valence-corrected chi connectivity index (χ2v) is 7.80. The fourth-order valence-corrected chi connectivity index (χ4v) is 4.01. The summed E-state index contributed by atoms with van der Waals surface area (Å²) in [5.41, 5.74) is 0. The predicted octanol–water partition coefficient (Wildman–Crippen LogP) is 0.0588. The molecule has 1 aliphatic heterocycles. The second-order valence-electron chi connectivity index (χ2n) is 5.71. The van der Waals surface area contributed by atoms with Gasteiger partial charge in [0.1, 0.15) is 0 Å². The Morgan fingerprint density at radius 3 is 2.35 bits per heavy atom. The van der Waals surface area contributed by atoms with Crippen molar-refractivity contribution in [1.82, 2.24) is 14.9 Å². The molecule has 0 aromatic heterocycles. The molecular formula is C13H25N3O3S. The second kappa shape index (κ2) is 6.87. The molecule has 0 bridgehead atoms. The van der Waals surface area contributed by atoms with E-state index in [9.17, 15) is 13.2 Å². The van der Waals surface area contributed by atoms with Gasteiger partial charge in [-0.1, -0.05) is 6.92 Å². The van der Waals surface area contributed by atoms with Crippen LogP contribution in [0.3, 0.4) is 0 Å². The third-order valence-corrected chi connectivity index (χ3v) is 5.88. The first kappa shape index (κ1) is 15.7. The molecule has 116 valence electrons. The number of carbonyl (C=O) groups is 1. The average molecular weight is 303 g/mol. The van der Waals surface area contributed by atoms with Gasteiger partial charge in [0.05, 0.1) is 12.3 Å². The molecule has 1 amide bonds. The largest absolute Gasteiger partial charge is 0.352 e. The zero-order valence-electron chi connectivity index (χ0n) is 12.1. The monoisotopic (exact) mass is 303 g/mol. The highest BCUT2D eigenvalue weighted by molar-refractivity contribution is 7.89. The van der Waals surface area contributed by atoms with Crippen LogP contribution in [-0.2, 0) is 14.8 Å². The number of nitrogens with zero attached hydrogens (tertiary/aromatic N) is 1. The van der Waals surface area contributed by atoms with E-state index in [1.54, 1.807) is 4.31 Å². The van der Waals surface area contributed by atoms with Gasteiger partial charge in [0.25, 0.3) is 0 Å². The van der Waals surface area contributed by atoms with E-state index in [-0.39, 0.29) is 17.7 Å². The molecular weight excluding hydrogens is 278 g/mol. The Labute approximate surface area is 121 Å². The van der Waals surface area contributed by atoms with Crippen LogP contribution in [-0.4, -0.2) is 56.1 Å². The Hall–Kier alpha value is -0.660. The third kappa shape index (κ3) is 4.71. The maximum Gasteiger partial charge on any atom is 0.234 e. The molecule has 0 radical (unpaired) electrons. The molecule has 20 heavy (non-hydrogen) atoms. The Morgan fingerprint density at radius 2 is 1.80 bits per heavy atom. The number of hydrogen-bond acceptors (Lipinski definition) is 4. The molecule has 0 aromatic carbocycles. The quantitative estimate of drug-likeness (QED) is 0.697. The molecule has 2 N–H and O–H groups in total. The van der Waals surface area contributed by atoms with Crippen LogP contribution in [0.2, 0.25) is 0 Å². The van der Waals surface area contributed by atoms with Crippen molar-refractivity contribution < 1.29 is 13.2 Å². The third-order valence-electron chi connectivity index (χ3n) is 3.80. The SMILES string of the molecule is CCCS(=O)(=O)N1CCC(NC(=O)CNC2CC2)CC1. The van der Waals surface area contributed by atoms with Crippen LogP contribution in [0, 0.1) is 0 Å².